The van der Waals surface area contributed by atoms with E-state index in [4.69, 9.17) is 4.74 Å². The van der Waals surface area contributed by atoms with Crippen LogP contribution < -0.4 is 10.6 Å². The highest BCUT2D eigenvalue weighted by atomic mass is 16.5. The molecule has 0 aliphatic rings. The normalized spacial score (nSPS) is 11.8. The van der Waals surface area contributed by atoms with Gasteiger partial charge >= 0.3 is 0 Å². The molecular weight excluding hydrogens is 256 g/mol. The van der Waals surface area contributed by atoms with Crippen molar-refractivity contribution in [3.05, 3.63) is 12.7 Å². The molecule has 0 aromatic carbocycles. The van der Waals surface area contributed by atoms with Gasteiger partial charge in [0.1, 0.15) is 0 Å². The average molecular weight is 284 g/mol. The highest BCUT2D eigenvalue weighted by Crippen LogP contribution is 2.08. The van der Waals surface area contributed by atoms with E-state index in [1.807, 2.05) is 34.6 Å². The van der Waals surface area contributed by atoms with Gasteiger partial charge in [-0.2, -0.15) is 0 Å². The van der Waals surface area contributed by atoms with Crippen LogP contribution in [0.2, 0.25) is 0 Å². The van der Waals surface area contributed by atoms with Crippen LogP contribution >= 0.6 is 0 Å². The summed E-state index contributed by atoms with van der Waals surface area (Å²) >= 11 is 0. The Morgan fingerprint density at radius 3 is 2.20 bits per heavy atom. The lowest BCUT2D eigenvalue weighted by Crippen LogP contribution is -2.43. The summed E-state index contributed by atoms with van der Waals surface area (Å²) in [5.74, 6) is -0.212. The van der Waals surface area contributed by atoms with Crippen molar-refractivity contribution in [2.45, 2.75) is 58.5 Å². The van der Waals surface area contributed by atoms with E-state index in [0.29, 0.717) is 26.1 Å². The van der Waals surface area contributed by atoms with Crippen LogP contribution in [0.5, 0.6) is 0 Å². The molecule has 0 bridgehead atoms. The fourth-order valence-electron chi connectivity index (χ4n) is 1.52. The average Bonchev–Trinajstić information content (AvgIpc) is 2.25. The van der Waals surface area contributed by atoms with E-state index < -0.39 is 0 Å². The molecule has 0 unspecified atom stereocenters. The first-order valence-corrected chi connectivity index (χ1v) is 6.89. The number of ether oxygens (including phenoxy) is 1. The van der Waals surface area contributed by atoms with Gasteiger partial charge in [-0.05, 0) is 47.1 Å². The number of nitrogens with one attached hydrogen (secondary N) is 2. The molecule has 0 aliphatic heterocycles. The van der Waals surface area contributed by atoms with Crippen LogP contribution in [-0.2, 0) is 14.3 Å². The maximum absolute atomic E-state index is 11.5. The van der Waals surface area contributed by atoms with Crippen molar-refractivity contribution in [3.8, 4) is 0 Å². The Labute approximate surface area is 122 Å². The molecule has 0 radical (unpaired) electrons. The molecular formula is C15H28N2O3. The van der Waals surface area contributed by atoms with Crippen molar-refractivity contribution in [3.63, 3.8) is 0 Å². The standard InChI is InChI=1S/C15H28N2O3/c1-7-12(18)17-15(5,6)9-11-20-10-8-13(19)16-14(2,3)4/h7H,1,8-11H2,2-6H3,(H,16,19)(H,17,18). The van der Waals surface area contributed by atoms with Gasteiger partial charge in [0.15, 0.2) is 0 Å². The minimum atomic E-state index is -0.348. The quantitative estimate of drug-likeness (QED) is 0.527. The van der Waals surface area contributed by atoms with Gasteiger partial charge in [-0.25, -0.2) is 0 Å². The minimum Gasteiger partial charge on any atom is -0.381 e. The second-order valence-corrected chi connectivity index (χ2v) is 6.49. The smallest absolute Gasteiger partial charge is 0.243 e. The lowest BCUT2D eigenvalue weighted by Gasteiger charge is -2.25. The maximum Gasteiger partial charge on any atom is 0.243 e. The molecule has 0 spiro atoms. The van der Waals surface area contributed by atoms with Gasteiger partial charge in [-0.3, -0.25) is 9.59 Å². The lowest BCUT2D eigenvalue weighted by atomic mass is 10.0. The third-order valence-electron chi connectivity index (χ3n) is 2.51. The summed E-state index contributed by atoms with van der Waals surface area (Å²) in [5, 5.41) is 5.69. The van der Waals surface area contributed by atoms with Gasteiger partial charge in [0.2, 0.25) is 11.8 Å². The molecule has 0 saturated heterocycles. The number of carbonyl (C=O) groups is 2. The summed E-state index contributed by atoms with van der Waals surface area (Å²) in [6, 6.07) is 0. The van der Waals surface area contributed by atoms with Crippen molar-refractivity contribution >= 4 is 11.8 Å². The molecule has 0 saturated carbocycles. The van der Waals surface area contributed by atoms with E-state index in [2.05, 4.69) is 17.2 Å². The van der Waals surface area contributed by atoms with E-state index in [-0.39, 0.29) is 22.9 Å². The Kier molecular flexibility index (Phi) is 7.50. The molecule has 2 amide bonds. The summed E-state index contributed by atoms with van der Waals surface area (Å²) in [4.78, 5) is 22.8. The van der Waals surface area contributed by atoms with Crippen LogP contribution in [0.1, 0.15) is 47.5 Å². The summed E-state index contributed by atoms with van der Waals surface area (Å²) < 4.78 is 5.43. The first-order valence-electron chi connectivity index (χ1n) is 6.89. The zero-order chi connectivity index (χ0) is 15.8. The minimum absolute atomic E-state index is 0.0169. The predicted molar refractivity (Wildman–Crippen MR) is 80.4 cm³/mol. The molecule has 0 aromatic heterocycles. The Morgan fingerprint density at radius 1 is 1.10 bits per heavy atom. The van der Waals surface area contributed by atoms with E-state index in [9.17, 15) is 9.59 Å². The van der Waals surface area contributed by atoms with E-state index in [1.54, 1.807) is 0 Å². The summed E-state index contributed by atoms with van der Waals surface area (Å²) in [6.07, 6.45) is 2.27. The Bertz CT molecular complexity index is 344. The summed E-state index contributed by atoms with van der Waals surface area (Å²) in [7, 11) is 0. The van der Waals surface area contributed by atoms with Crippen molar-refractivity contribution in [2.24, 2.45) is 0 Å². The molecule has 0 atom stereocenters. The second-order valence-electron chi connectivity index (χ2n) is 6.49. The number of amides is 2. The first-order chi connectivity index (χ1) is 9.06. The van der Waals surface area contributed by atoms with Crippen molar-refractivity contribution < 1.29 is 14.3 Å². The first kappa shape index (κ1) is 18.6. The largest absolute Gasteiger partial charge is 0.381 e. The van der Waals surface area contributed by atoms with Crippen LogP contribution in [0.3, 0.4) is 0 Å². The van der Waals surface area contributed by atoms with Crippen molar-refractivity contribution in [1.82, 2.24) is 10.6 Å². The van der Waals surface area contributed by atoms with Gasteiger partial charge in [0.25, 0.3) is 0 Å². The van der Waals surface area contributed by atoms with Crippen LogP contribution in [0.4, 0.5) is 0 Å². The topological polar surface area (TPSA) is 67.4 Å². The zero-order valence-corrected chi connectivity index (χ0v) is 13.3. The number of hydrogen-bond donors (Lipinski definition) is 2. The van der Waals surface area contributed by atoms with E-state index in [0.717, 1.165) is 0 Å². The molecule has 0 rings (SSSR count). The van der Waals surface area contributed by atoms with Crippen LogP contribution in [0.25, 0.3) is 0 Å². The van der Waals surface area contributed by atoms with Crippen LogP contribution in [0.15, 0.2) is 12.7 Å². The lowest BCUT2D eigenvalue weighted by molar-refractivity contribution is -0.123. The number of rotatable bonds is 8. The highest BCUT2D eigenvalue weighted by molar-refractivity contribution is 5.87. The molecule has 0 aliphatic carbocycles. The van der Waals surface area contributed by atoms with Gasteiger partial charge in [-0.15, -0.1) is 0 Å². The molecule has 5 nitrogen and oxygen atoms in total. The van der Waals surface area contributed by atoms with Gasteiger partial charge < -0.3 is 15.4 Å². The van der Waals surface area contributed by atoms with Gasteiger partial charge in [-0.1, -0.05) is 6.58 Å². The Hall–Kier alpha value is -1.36. The SMILES string of the molecule is C=CC(=O)NC(C)(C)CCOCCC(=O)NC(C)(C)C. The maximum atomic E-state index is 11.5. The van der Waals surface area contributed by atoms with Crippen LogP contribution in [-0.4, -0.2) is 36.1 Å². The predicted octanol–water partition coefficient (Wildman–Crippen LogP) is 1.78. The molecule has 0 aromatic rings. The Balaban J connectivity index is 3.78. The number of carbonyl (C=O) groups excluding carboxylic acids is 2. The second kappa shape index (κ2) is 8.04. The highest BCUT2D eigenvalue weighted by Gasteiger charge is 2.19. The molecule has 5 heteroatoms. The molecule has 116 valence electrons. The Morgan fingerprint density at radius 2 is 1.70 bits per heavy atom. The number of hydrogen-bond acceptors (Lipinski definition) is 3. The third kappa shape index (κ3) is 10.6. The van der Waals surface area contributed by atoms with E-state index in [1.165, 1.54) is 6.08 Å². The fraction of sp³-hybridized carbons (Fsp3) is 0.733. The molecule has 0 heterocycles. The van der Waals surface area contributed by atoms with Crippen molar-refractivity contribution in [2.75, 3.05) is 13.2 Å². The van der Waals surface area contributed by atoms with Crippen LogP contribution in [0, 0.1) is 0 Å². The molecule has 2 N–H and O–H groups in total. The van der Waals surface area contributed by atoms with Gasteiger partial charge in [0, 0.05) is 24.1 Å². The summed E-state index contributed by atoms with van der Waals surface area (Å²) in [5.41, 5.74) is -0.563. The summed E-state index contributed by atoms with van der Waals surface area (Å²) in [6.45, 7) is 14.0. The monoisotopic (exact) mass is 284 g/mol. The third-order valence-corrected chi connectivity index (χ3v) is 2.51. The van der Waals surface area contributed by atoms with Gasteiger partial charge in [0.05, 0.1) is 6.61 Å². The molecule has 0 fully saturated rings. The fourth-order valence-corrected chi connectivity index (χ4v) is 1.52. The molecule has 20 heavy (non-hydrogen) atoms. The zero-order valence-electron chi connectivity index (χ0n) is 13.3. The van der Waals surface area contributed by atoms with Crippen molar-refractivity contribution in [1.29, 1.82) is 0 Å². The van der Waals surface area contributed by atoms with E-state index >= 15 is 0 Å².